The minimum absolute atomic E-state index is 0.0527. The molecule has 202 valence electrons. The van der Waals surface area contributed by atoms with Crippen molar-refractivity contribution in [3.05, 3.63) is 71.9 Å². The number of piperazine rings is 1. The van der Waals surface area contributed by atoms with Gasteiger partial charge >= 0.3 is 0 Å². The van der Waals surface area contributed by atoms with Gasteiger partial charge in [-0.15, -0.1) is 0 Å². The first-order valence-electron chi connectivity index (χ1n) is 12.7. The monoisotopic (exact) mass is 527 g/mol. The molecule has 0 atom stereocenters. The number of ether oxygens (including phenoxy) is 1. The quantitative estimate of drug-likeness (QED) is 0.291. The molecule has 1 fully saturated rings. The number of nitrogens with two attached hydrogens (primary N) is 1. The molecule has 0 spiro atoms. The number of hydrogen-bond acceptors (Lipinski definition) is 9. The Bertz CT molecular complexity index is 1410. The van der Waals surface area contributed by atoms with Gasteiger partial charge in [-0.2, -0.15) is 5.26 Å². The van der Waals surface area contributed by atoms with E-state index in [1.165, 1.54) is 13.3 Å². The summed E-state index contributed by atoms with van der Waals surface area (Å²) in [6, 6.07) is 14.7. The Morgan fingerprint density at radius 3 is 2.62 bits per heavy atom. The number of benzene rings is 2. The van der Waals surface area contributed by atoms with Gasteiger partial charge in [0.2, 0.25) is 5.91 Å². The predicted octanol–water partition coefficient (Wildman–Crippen LogP) is 3.66. The summed E-state index contributed by atoms with van der Waals surface area (Å²) in [5.74, 6) is 0.287. The molecule has 1 saturated heterocycles. The predicted molar refractivity (Wildman–Crippen MR) is 153 cm³/mol. The first-order chi connectivity index (χ1) is 18.8. The maximum absolute atomic E-state index is 12.1. The number of methoxy groups -OCH3 is 1. The number of aromatic hydroxyl groups is 1. The molecule has 2 aromatic carbocycles. The zero-order chi connectivity index (χ0) is 27.9. The first kappa shape index (κ1) is 27.3. The summed E-state index contributed by atoms with van der Waals surface area (Å²) in [5.41, 5.74) is 9.81. The number of phenolic OH excluding ortho intramolecular Hbond substituents is 1. The lowest BCUT2D eigenvalue weighted by molar-refractivity contribution is -0.112. The highest BCUT2D eigenvalue weighted by molar-refractivity contribution is 6.19. The van der Waals surface area contributed by atoms with E-state index >= 15 is 0 Å². The zero-order valence-corrected chi connectivity index (χ0v) is 22.2. The standard InChI is InChI=1S/C29H33N7O3/c1-4-35-9-11-36(12-10-35)22-6-7-24(23(14-22)19(2)29(31)38)34-28-15-25(21(16-30)18-33-28)32-17-20-5-8-26(37)27(13-20)39-3/h5-8,13-15,18,37H,2,4,9-12,17H2,1,3H3,(H2,31,38)(H2,32,33,34). The number of rotatable bonds is 10. The van der Waals surface area contributed by atoms with E-state index in [4.69, 9.17) is 10.5 Å². The van der Waals surface area contributed by atoms with Crippen molar-refractivity contribution in [2.45, 2.75) is 13.5 Å². The van der Waals surface area contributed by atoms with Crippen molar-refractivity contribution < 1.29 is 14.6 Å². The molecule has 1 aliphatic rings. The highest BCUT2D eigenvalue weighted by atomic mass is 16.5. The Hall–Kier alpha value is -4.75. The molecule has 0 radical (unpaired) electrons. The van der Waals surface area contributed by atoms with Gasteiger partial charge in [-0.25, -0.2) is 4.98 Å². The van der Waals surface area contributed by atoms with Gasteiger partial charge in [0.05, 0.1) is 18.4 Å². The Morgan fingerprint density at radius 1 is 1.18 bits per heavy atom. The van der Waals surface area contributed by atoms with Crippen LogP contribution in [0, 0.1) is 11.3 Å². The van der Waals surface area contributed by atoms with Crippen molar-refractivity contribution in [3.8, 4) is 17.6 Å². The van der Waals surface area contributed by atoms with E-state index in [-0.39, 0.29) is 11.3 Å². The van der Waals surface area contributed by atoms with E-state index in [0.717, 1.165) is 44.0 Å². The molecule has 5 N–H and O–H groups in total. The lowest BCUT2D eigenvalue weighted by Crippen LogP contribution is -2.46. The van der Waals surface area contributed by atoms with Crippen LogP contribution in [-0.4, -0.2) is 60.7 Å². The summed E-state index contributed by atoms with van der Waals surface area (Å²) in [6.45, 7) is 11.2. The molecule has 2 heterocycles. The van der Waals surface area contributed by atoms with Crippen molar-refractivity contribution in [3.63, 3.8) is 0 Å². The molecule has 1 amide bonds. The average Bonchev–Trinajstić information content (AvgIpc) is 2.96. The number of nitrogens with one attached hydrogen (secondary N) is 2. The number of likely N-dealkylation sites (N-methyl/N-ethyl adjacent to an activating group) is 1. The first-order valence-corrected chi connectivity index (χ1v) is 12.7. The van der Waals surface area contributed by atoms with Crippen molar-refractivity contribution in [1.82, 2.24) is 9.88 Å². The van der Waals surface area contributed by atoms with Crippen LogP contribution in [0.15, 0.2) is 55.2 Å². The summed E-state index contributed by atoms with van der Waals surface area (Å²) in [4.78, 5) is 21.2. The zero-order valence-electron chi connectivity index (χ0n) is 22.2. The van der Waals surface area contributed by atoms with Crippen molar-refractivity contribution >= 4 is 34.4 Å². The Morgan fingerprint density at radius 2 is 1.95 bits per heavy atom. The molecular formula is C29H33N7O3. The second-order valence-corrected chi connectivity index (χ2v) is 9.21. The minimum Gasteiger partial charge on any atom is -0.504 e. The summed E-state index contributed by atoms with van der Waals surface area (Å²) in [5, 5.41) is 26.0. The van der Waals surface area contributed by atoms with Gasteiger partial charge in [0.15, 0.2) is 11.5 Å². The van der Waals surface area contributed by atoms with Gasteiger partial charge in [-0.1, -0.05) is 19.6 Å². The largest absolute Gasteiger partial charge is 0.504 e. The fraction of sp³-hybridized carbons (Fsp3) is 0.276. The van der Waals surface area contributed by atoms with Crippen LogP contribution in [0.5, 0.6) is 11.5 Å². The Balaban J connectivity index is 1.58. The van der Waals surface area contributed by atoms with Crippen LogP contribution in [0.2, 0.25) is 0 Å². The van der Waals surface area contributed by atoms with E-state index < -0.39 is 5.91 Å². The highest BCUT2D eigenvalue weighted by Crippen LogP contribution is 2.32. The molecule has 1 aliphatic heterocycles. The van der Waals surface area contributed by atoms with Gasteiger partial charge in [-0.05, 0) is 42.4 Å². The molecular weight excluding hydrogens is 494 g/mol. The van der Waals surface area contributed by atoms with Crippen LogP contribution in [0.4, 0.5) is 22.9 Å². The van der Waals surface area contributed by atoms with E-state index in [2.05, 4.69) is 45.0 Å². The second kappa shape index (κ2) is 12.2. The molecule has 0 bridgehead atoms. The van der Waals surface area contributed by atoms with E-state index in [9.17, 15) is 15.2 Å². The van der Waals surface area contributed by atoms with Crippen LogP contribution in [0.1, 0.15) is 23.6 Å². The number of phenols is 1. The van der Waals surface area contributed by atoms with Gasteiger partial charge in [0, 0.05) is 67.5 Å². The average molecular weight is 528 g/mol. The number of aromatic nitrogens is 1. The molecule has 10 heteroatoms. The van der Waals surface area contributed by atoms with Crippen molar-refractivity contribution in [1.29, 1.82) is 5.26 Å². The number of primary amides is 1. The minimum atomic E-state index is -0.606. The highest BCUT2D eigenvalue weighted by Gasteiger charge is 2.19. The van der Waals surface area contributed by atoms with Crippen molar-refractivity contribution in [2.75, 3.05) is 55.4 Å². The molecule has 3 aromatic rings. The van der Waals surface area contributed by atoms with Crippen LogP contribution in [0.25, 0.3) is 5.57 Å². The fourth-order valence-electron chi connectivity index (χ4n) is 4.47. The number of nitriles is 1. The summed E-state index contributed by atoms with van der Waals surface area (Å²) < 4.78 is 5.18. The number of hydrogen-bond donors (Lipinski definition) is 4. The van der Waals surface area contributed by atoms with E-state index in [1.54, 1.807) is 24.3 Å². The summed E-state index contributed by atoms with van der Waals surface area (Å²) >= 11 is 0. The molecule has 0 unspecified atom stereocenters. The van der Waals surface area contributed by atoms with E-state index in [0.29, 0.717) is 40.6 Å². The SMILES string of the molecule is C=C(C(N)=O)c1cc(N2CCN(CC)CC2)ccc1Nc1cc(NCc2ccc(O)c(OC)c2)c(C#N)cn1. The van der Waals surface area contributed by atoms with Gasteiger partial charge in [0.25, 0.3) is 0 Å². The number of carbonyl (C=O) groups excluding carboxylic acids is 1. The summed E-state index contributed by atoms with van der Waals surface area (Å²) in [6.07, 6.45) is 1.48. The fourth-order valence-corrected chi connectivity index (χ4v) is 4.47. The topological polar surface area (TPSA) is 140 Å². The lowest BCUT2D eigenvalue weighted by Gasteiger charge is -2.35. The normalized spacial score (nSPS) is 13.4. The maximum atomic E-state index is 12.1. The third-order valence-corrected chi connectivity index (χ3v) is 6.82. The molecule has 1 aromatic heterocycles. The molecule has 4 rings (SSSR count). The number of nitrogens with zero attached hydrogens (tertiary/aromatic N) is 4. The van der Waals surface area contributed by atoms with Crippen LogP contribution in [0.3, 0.4) is 0 Å². The van der Waals surface area contributed by atoms with Crippen LogP contribution in [-0.2, 0) is 11.3 Å². The Labute approximate surface area is 228 Å². The van der Waals surface area contributed by atoms with Crippen molar-refractivity contribution in [2.24, 2.45) is 5.73 Å². The summed E-state index contributed by atoms with van der Waals surface area (Å²) in [7, 11) is 1.49. The number of pyridine rings is 1. The maximum Gasteiger partial charge on any atom is 0.248 e. The number of anilines is 4. The van der Waals surface area contributed by atoms with Gasteiger partial charge in [0.1, 0.15) is 11.9 Å². The Kier molecular flexibility index (Phi) is 8.53. The third-order valence-electron chi connectivity index (χ3n) is 6.82. The van der Waals surface area contributed by atoms with E-state index in [1.807, 2.05) is 18.2 Å². The molecule has 0 saturated carbocycles. The van der Waals surface area contributed by atoms with Gasteiger partial charge < -0.3 is 36.0 Å². The van der Waals surface area contributed by atoms with Crippen LogP contribution >= 0.6 is 0 Å². The van der Waals surface area contributed by atoms with Crippen LogP contribution < -0.4 is 26.0 Å². The molecule has 0 aliphatic carbocycles. The molecule has 10 nitrogen and oxygen atoms in total. The molecule has 39 heavy (non-hydrogen) atoms. The number of amides is 1. The van der Waals surface area contributed by atoms with Gasteiger partial charge in [-0.3, -0.25) is 4.79 Å². The number of carbonyl (C=O) groups is 1. The second-order valence-electron chi connectivity index (χ2n) is 9.21. The smallest absolute Gasteiger partial charge is 0.248 e. The lowest BCUT2D eigenvalue weighted by atomic mass is 10.0. The third kappa shape index (κ3) is 6.40.